The summed E-state index contributed by atoms with van der Waals surface area (Å²) in [7, 11) is 3.24. The fourth-order valence-corrected chi connectivity index (χ4v) is 4.11. The number of halogens is 1. The zero-order valence-electron chi connectivity index (χ0n) is 18.8. The number of benzene rings is 2. The highest BCUT2D eigenvalue weighted by molar-refractivity contribution is 5.74. The third-order valence-corrected chi connectivity index (χ3v) is 5.43. The van der Waals surface area contributed by atoms with E-state index >= 15 is 0 Å². The lowest BCUT2D eigenvalue weighted by Crippen LogP contribution is -3.00. The number of nitrogens with zero attached hydrogens (tertiary/aromatic N) is 2. The predicted octanol–water partition coefficient (Wildman–Crippen LogP) is 1.27. The maximum absolute atomic E-state index is 12.7. The van der Waals surface area contributed by atoms with Gasteiger partial charge in [0.25, 0.3) is 0 Å². The molecule has 0 saturated heterocycles. The molecule has 1 aromatic heterocycles. The molecule has 3 aromatic rings. The highest BCUT2D eigenvalue weighted by Gasteiger charge is 2.22. The molecule has 1 aliphatic rings. The molecule has 0 bridgehead atoms. The Morgan fingerprint density at radius 1 is 1.00 bits per heavy atom. The van der Waals surface area contributed by atoms with E-state index in [0.717, 1.165) is 40.1 Å². The van der Waals surface area contributed by atoms with Crippen LogP contribution in [0, 0.1) is 20.8 Å². The molecule has 0 aliphatic carbocycles. The Balaban J connectivity index is 0.00000171. The monoisotopic (exact) mass is 427 g/mol. The van der Waals surface area contributed by atoms with Crippen LogP contribution in [-0.2, 0) is 13.0 Å². The molecule has 158 valence electrons. The topological polar surface area (TPSA) is 65.4 Å². The van der Waals surface area contributed by atoms with Gasteiger partial charge in [-0.25, -0.2) is 4.79 Å². The lowest BCUT2D eigenvalue weighted by Gasteiger charge is -2.24. The predicted molar refractivity (Wildman–Crippen MR) is 116 cm³/mol. The number of fused-ring (bicyclic) bond motifs is 3. The van der Waals surface area contributed by atoms with Crippen LogP contribution < -0.4 is 32.9 Å². The van der Waals surface area contributed by atoms with Crippen molar-refractivity contribution in [3.8, 4) is 22.8 Å². The van der Waals surface area contributed by atoms with Gasteiger partial charge in [0.05, 0.1) is 19.9 Å². The molecule has 1 aliphatic heterocycles. The highest BCUT2D eigenvalue weighted by Crippen LogP contribution is 2.38. The minimum Gasteiger partial charge on any atom is -1.00 e. The SMILES string of the molecule is COc1cc2c(cc1OC)-c1cc(Nc3c(C)cc(C)cc3C)nc(=O)n1CC2.[Cl-].[H+]. The molecule has 1 N–H and O–H groups in total. The van der Waals surface area contributed by atoms with Crippen LogP contribution in [0.5, 0.6) is 11.5 Å². The number of aromatic nitrogens is 2. The van der Waals surface area contributed by atoms with E-state index in [9.17, 15) is 4.79 Å². The summed E-state index contributed by atoms with van der Waals surface area (Å²) in [4.78, 5) is 17.0. The molecule has 7 heteroatoms. The summed E-state index contributed by atoms with van der Waals surface area (Å²) < 4.78 is 12.6. The Labute approximate surface area is 183 Å². The Kier molecular flexibility index (Phi) is 6.08. The molecule has 0 unspecified atom stereocenters. The van der Waals surface area contributed by atoms with E-state index in [1.54, 1.807) is 18.8 Å². The largest absolute Gasteiger partial charge is 1.00 e. The van der Waals surface area contributed by atoms with E-state index in [2.05, 4.69) is 43.2 Å². The summed E-state index contributed by atoms with van der Waals surface area (Å²) in [5.41, 5.74) is 7.10. The average Bonchev–Trinajstić information content (AvgIpc) is 2.69. The van der Waals surface area contributed by atoms with E-state index in [1.807, 2.05) is 18.2 Å². The maximum atomic E-state index is 12.7. The van der Waals surface area contributed by atoms with Gasteiger partial charge in [-0.05, 0) is 56.0 Å². The molecule has 2 heterocycles. The van der Waals surface area contributed by atoms with Crippen LogP contribution in [0.15, 0.2) is 35.1 Å². The number of aryl methyl sites for hydroxylation is 4. The quantitative estimate of drug-likeness (QED) is 0.679. The van der Waals surface area contributed by atoms with E-state index in [-0.39, 0.29) is 19.5 Å². The fourth-order valence-electron chi connectivity index (χ4n) is 4.11. The van der Waals surface area contributed by atoms with Gasteiger partial charge in [0.2, 0.25) is 0 Å². The van der Waals surface area contributed by atoms with Crippen molar-refractivity contribution >= 4 is 11.5 Å². The van der Waals surface area contributed by atoms with Crippen LogP contribution in [0.3, 0.4) is 0 Å². The lowest BCUT2D eigenvalue weighted by molar-refractivity contribution is -0.00000672. The molecule has 0 fully saturated rings. The van der Waals surface area contributed by atoms with E-state index < -0.39 is 0 Å². The zero-order chi connectivity index (χ0) is 20.7. The van der Waals surface area contributed by atoms with E-state index in [1.165, 1.54) is 5.56 Å². The van der Waals surface area contributed by atoms with E-state index in [4.69, 9.17) is 9.47 Å². The van der Waals surface area contributed by atoms with Crippen molar-refractivity contribution in [2.75, 3.05) is 19.5 Å². The number of hydrogen-bond acceptors (Lipinski definition) is 5. The maximum Gasteiger partial charge on any atom is 1.00 e. The van der Waals surface area contributed by atoms with Gasteiger partial charge in [-0.2, -0.15) is 4.98 Å². The number of methoxy groups -OCH3 is 2. The first-order valence-electron chi connectivity index (χ1n) is 9.63. The first kappa shape index (κ1) is 21.7. The standard InChI is InChI=1S/C23H25N3O3.ClH/c1-13-8-14(2)22(15(3)9-13)24-21-12-18-17-11-20(29-5)19(28-4)10-16(17)6-7-26(18)23(27)25-21;/h8-12H,6-7H2,1-5H3,(H,24,25,27);1H. The first-order valence-corrected chi connectivity index (χ1v) is 9.63. The number of anilines is 2. The number of ether oxygens (including phenoxy) is 2. The average molecular weight is 428 g/mol. The Hall–Kier alpha value is -2.99. The van der Waals surface area contributed by atoms with Crippen LogP contribution in [0.4, 0.5) is 11.5 Å². The van der Waals surface area contributed by atoms with Crippen LogP contribution in [0.25, 0.3) is 11.3 Å². The summed E-state index contributed by atoms with van der Waals surface area (Å²) in [6.07, 6.45) is 0.743. The summed E-state index contributed by atoms with van der Waals surface area (Å²) in [6.45, 7) is 6.78. The molecule has 6 nitrogen and oxygen atoms in total. The molecular weight excluding hydrogens is 402 g/mol. The van der Waals surface area contributed by atoms with Crippen molar-refractivity contribution in [2.45, 2.75) is 33.7 Å². The molecular formula is C23H26ClN3O3. The lowest BCUT2D eigenvalue weighted by atomic mass is 9.96. The Morgan fingerprint density at radius 2 is 1.63 bits per heavy atom. The van der Waals surface area contributed by atoms with Crippen LogP contribution >= 0.6 is 0 Å². The molecule has 0 spiro atoms. The third kappa shape index (κ3) is 3.75. The molecule has 2 aromatic carbocycles. The van der Waals surface area contributed by atoms with E-state index in [0.29, 0.717) is 23.9 Å². The van der Waals surface area contributed by atoms with Gasteiger partial charge in [0.15, 0.2) is 11.5 Å². The summed E-state index contributed by atoms with van der Waals surface area (Å²) in [5, 5.41) is 3.36. The highest BCUT2D eigenvalue weighted by atomic mass is 35.5. The summed E-state index contributed by atoms with van der Waals surface area (Å²) in [5.74, 6) is 1.88. The van der Waals surface area contributed by atoms with Gasteiger partial charge < -0.3 is 27.2 Å². The van der Waals surface area contributed by atoms with Gasteiger partial charge in [-0.1, -0.05) is 17.7 Å². The minimum absolute atomic E-state index is 0. The summed E-state index contributed by atoms with van der Waals surface area (Å²) >= 11 is 0. The number of hydrogen-bond donors (Lipinski definition) is 1. The molecule has 0 saturated carbocycles. The Morgan fingerprint density at radius 3 is 2.27 bits per heavy atom. The second-order valence-corrected chi connectivity index (χ2v) is 7.47. The molecule has 4 rings (SSSR count). The Bertz CT molecular complexity index is 1150. The second kappa shape index (κ2) is 8.40. The number of rotatable bonds is 4. The summed E-state index contributed by atoms with van der Waals surface area (Å²) in [6, 6.07) is 10.1. The number of nitrogens with one attached hydrogen (secondary N) is 1. The van der Waals surface area contributed by atoms with Crippen molar-refractivity contribution in [3.63, 3.8) is 0 Å². The van der Waals surface area contributed by atoms with Crippen molar-refractivity contribution in [1.29, 1.82) is 0 Å². The van der Waals surface area contributed by atoms with Crippen LogP contribution in [-0.4, -0.2) is 23.8 Å². The van der Waals surface area contributed by atoms with Crippen LogP contribution in [0.1, 0.15) is 23.7 Å². The van der Waals surface area contributed by atoms with Crippen molar-refractivity contribution < 1.29 is 23.3 Å². The third-order valence-electron chi connectivity index (χ3n) is 5.43. The van der Waals surface area contributed by atoms with Gasteiger partial charge in [-0.15, -0.1) is 0 Å². The fraction of sp³-hybridized carbons (Fsp3) is 0.304. The minimum atomic E-state index is -0.257. The van der Waals surface area contributed by atoms with Gasteiger partial charge in [-0.3, -0.25) is 4.57 Å². The van der Waals surface area contributed by atoms with Gasteiger partial charge >= 0.3 is 7.12 Å². The molecule has 0 radical (unpaired) electrons. The van der Waals surface area contributed by atoms with Gasteiger partial charge in [0.1, 0.15) is 5.82 Å². The normalized spacial score (nSPS) is 11.8. The zero-order valence-corrected chi connectivity index (χ0v) is 18.6. The first-order chi connectivity index (χ1) is 13.9. The van der Waals surface area contributed by atoms with Crippen molar-refractivity contribution in [3.05, 3.63) is 63.1 Å². The second-order valence-electron chi connectivity index (χ2n) is 7.47. The molecule has 30 heavy (non-hydrogen) atoms. The van der Waals surface area contributed by atoms with Crippen molar-refractivity contribution in [1.82, 2.24) is 9.55 Å². The smallest absolute Gasteiger partial charge is 1.00 e. The molecule has 0 amide bonds. The van der Waals surface area contributed by atoms with Gasteiger partial charge in [0, 0.05) is 23.9 Å². The van der Waals surface area contributed by atoms with Crippen molar-refractivity contribution in [2.24, 2.45) is 0 Å². The van der Waals surface area contributed by atoms with Crippen LogP contribution in [0.2, 0.25) is 0 Å². The molecule has 0 atom stereocenters.